The summed E-state index contributed by atoms with van der Waals surface area (Å²) in [6.45, 7) is 6.38. The molecule has 0 aliphatic heterocycles. The number of hydrogen-bond acceptors (Lipinski definition) is 1. The van der Waals surface area contributed by atoms with Gasteiger partial charge in [0.25, 0.3) is 0 Å². The van der Waals surface area contributed by atoms with Crippen LogP contribution >= 0.6 is 0 Å². The number of nitrogens with one attached hydrogen (secondary N) is 1. The minimum Gasteiger partial charge on any atom is -0.310 e. The lowest BCUT2D eigenvalue weighted by molar-refractivity contribution is 0.431. The van der Waals surface area contributed by atoms with E-state index in [9.17, 15) is 0 Å². The third-order valence-corrected chi connectivity index (χ3v) is 4.56. The molecule has 1 fully saturated rings. The second-order valence-corrected chi connectivity index (χ2v) is 6.28. The van der Waals surface area contributed by atoms with Crippen molar-refractivity contribution >= 4 is 5.71 Å². The third-order valence-electron chi connectivity index (χ3n) is 4.56. The van der Waals surface area contributed by atoms with E-state index in [1.54, 1.807) is 0 Å². The maximum atomic E-state index is 7.80. The first-order valence-corrected chi connectivity index (χ1v) is 7.73. The predicted octanol–water partition coefficient (Wildman–Crippen LogP) is 5.59. The van der Waals surface area contributed by atoms with E-state index in [2.05, 4.69) is 25.7 Å². The highest BCUT2D eigenvalue weighted by molar-refractivity contribution is 5.81. The Morgan fingerprint density at radius 3 is 3.00 bits per heavy atom. The van der Waals surface area contributed by atoms with Gasteiger partial charge < -0.3 is 5.41 Å². The molecule has 1 saturated carbocycles. The number of hydrogen-bond donors (Lipinski definition) is 1. The molecule has 0 radical (unpaired) electrons. The monoisotopic (exact) mass is 257 g/mol. The first-order chi connectivity index (χ1) is 9.15. The summed E-state index contributed by atoms with van der Waals surface area (Å²) in [4.78, 5) is 0. The highest BCUT2D eigenvalue weighted by Gasteiger charge is 2.15. The van der Waals surface area contributed by atoms with Crippen LogP contribution in [0.1, 0.15) is 64.7 Å². The quantitative estimate of drug-likeness (QED) is 0.503. The molecular formula is C18H27N. The molecule has 0 heterocycles. The average molecular weight is 257 g/mol. The first kappa shape index (κ1) is 14.3. The first-order valence-electron chi connectivity index (χ1n) is 7.73. The maximum absolute atomic E-state index is 7.80. The zero-order valence-corrected chi connectivity index (χ0v) is 12.3. The fourth-order valence-corrected chi connectivity index (χ4v) is 3.27. The fraction of sp³-hybridized carbons (Fsp3) is 0.611. The van der Waals surface area contributed by atoms with Crippen molar-refractivity contribution in [1.29, 1.82) is 5.41 Å². The van der Waals surface area contributed by atoms with Crippen LogP contribution in [-0.2, 0) is 0 Å². The Balaban J connectivity index is 1.88. The Kier molecular flexibility index (Phi) is 5.18. The van der Waals surface area contributed by atoms with E-state index in [0.29, 0.717) is 0 Å². The summed E-state index contributed by atoms with van der Waals surface area (Å²) in [5.41, 5.74) is 5.37. The molecule has 2 rings (SSSR count). The molecule has 0 aromatic carbocycles. The standard InChI is InChI=1S/C18H27N/c1-14-5-3-7-17(15(2)13-14)11-9-16-6-4-8-18(19)12-10-16/h3,7,16,19H,1,4-6,8-13H2,2H3. The zero-order chi connectivity index (χ0) is 13.7. The summed E-state index contributed by atoms with van der Waals surface area (Å²) < 4.78 is 0. The Bertz CT molecular complexity index is 411. The van der Waals surface area contributed by atoms with Gasteiger partial charge in [0.2, 0.25) is 0 Å². The molecule has 0 amide bonds. The van der Waals surface area contributed by atoms with Gasteiger partial charge in [0.15, 0.2) is 0 Å². The van der Waals surface area contributed by atoms with Crippen LogP contribution in [0.3, 0.4) is 0 Å². The van der Waals surface area contributed by atoms with Crippen LogP contribution in [0.2, 0.25) is 0 Å². The lowest BCUT2D eigenvalue weighted by Crippen LogP contribution is -2.00. The SMILES string of the molecule is C=C1CC=CC(CCC2CCCC(=N)CC2)=C(C)C1. The molecule has 0 bridgehead atoms. The minimum atomic E-state index is 0.836. The van der Waals surface area contributed by atoms with E-state index in [4.69, 9.17) is 5.41 Å². The van der Waals surface area contributed by atoms with Crippen LogP contribution in [0.25, 0.3) is 0 Å². The van der Waals surface area contributed by atoms with Crippen molar-refractivity contribution in [3.63, 3.8) is 0 Å². The zero-order valence-electron chi connectivity index (χ0n) is 12.3. The van der Waals surface area contributed by atoms with E-state index < -0.39 is 0 Å². The molecule has 2 aliphatic rings. The van der Waals surface area contributed by atoms with Crippen LogP contribution in [0, 0.1) is 11.3 Å². The highest BCUT2D eigenvalue weighted by Crippen LogP contribution is 2.30. The van der Waals surface area contributed by atoms with Crippen molar-refractivity contribution < 1.29 is 0 Å². The van der Waals surface area contributed by atoms with Crippen LogP contribution < -0.4 is 0 Å². The topological polar surface area (TPSA) is 23.9 Å². The molecule has 1 unspecified atom stereocenters. The minimum absolute atomic E-state index is 0.836. The third kappa shape index (κ3) is 4.49. The molecule has 0 spiro atoms. The maximum Gasteiger partial charge on any atom is 0.00892 e. The van der Waals surface area contributed by atoms with E-state index in [1.807, 2.05) is 0 Å². The van der Waals surface area contributed by atoms with E-state index >= 15 is 0 Å². The Labute approximate surface area is 118 Å². The second kappa shape index (κ2) is 6.88. The molecule has 1 nitrogen and oxygen atoms in total. The van der Waals surface area contributed by atoms with Gasteiger partial charge in [-0.2, -0.15) is 0 Å². The van der Waals surface area contributed by atoms with Gasteiger partial charge in [-0.05, 0) is 69.8 Å². The molecular weight excluding hydrogens is 230 g/mol. The van der Waals surface area contributed by atoms with Crippen molar-refractivity contribution in [3.05, 3.63) is 35.5 Å². The summed E-state index contributed by atoms with van der Waals surface area (Å²) >= 11 is 0. The fourth-order valence-electron chi connectivity index (χ4n) is 3.27. The summed E-state index contributed by atoms with van der Waals surface area (Å²) in [5, 5.41) is 7.80. The molecule has 0 saturated heterocycles. The molecule has 0 aromatic rings. The molecule has 1 atom stereocenters. The van der Waals surface area contributed by atoms with Crippen molar-refractivity contribution in [2.75, 3.05) is 0 Å². The summed E-state index contributed by atoms with van der Waals surface area (Å²) in [6.07, 6.45) is 15.1. The summed E-state index contributed by atoms with van der Waals surface area (Å²) in [6, 6.07) is 0. The second-order valence-electron chi connectivity index (χ2n) is 6.28. The van der Waals surface area contributed by atoms with Gasteiger partial charge in [-0.3, -0.25) is 0 Å². The largest absolute Gasteiger partial charge is 0.310 e. The van der Waals surface area contributed by atoms with Crippen molar-refractivity contribution in [3.8, 4) is 0 Å². The van der Waals surface area contributed by atoms with Crippen LogP contribution in [-0.4, -0.2) is 5.71 Å². The number of rotatable bonds is 3. The predicted molar refractivity (Wildman–Crippen MR) is 83.7 cm³/mol. The molecule has 0 aromatic heterocycles. The van der Waals surface area contributed by atoms with Gasteiger partial charge in [0.05, 0.1) is 0 Å². The normalized spacial score (nSPS) is 25.4. The highest BCUT2D eigenvalue weighted by atomic mass is 14.4. The van der Waals surface area contributed by atoms with E-state index in [-0.39, 0.29) is 0 Å². The Hall–Kier alpha value is -1.11. The van der Waals surface area contributed by atoms with E-state index in [0.717, 1.165) is 37.3 Å². The Morgan fingerprint density at radius 2 is 2.16 bits per heavy atom. The Morgan fingerprint density at radius 1 is 1.32 bits per heavy atom. The van der Waals surface area contributed by atoms with Crippen LogP contribution in [0.15, 0.2) is 35.5 Å². The van der Waals surface area contributed by atoms with Gasteiger partial charge in [0.1, 0.15) is 0 Å². The van der Waals surface area contributed by atoms with Gasteiger partial charge in [-0.15, -0.1) is 0 Å². The van der Waals surface area contributed by atoms with E-state index in [1.165, 1.54) is 48.8 Å². The molecule has 1 N–H and O–H groups in total. The molecule has 1 heteroatoms. The van der Waals surface area contributed by atoms with Crippen LogP contribution in [0.4, 0.5) is 0 Å². The van der Waals surface area contributed by atoms with Gasteiger partial charge >= 0.3 is 0 Å². The summed E-state index contributed by atoms with van der Waals surface area (Å²) in [7, 11) is 0. The van der Waals surface area contributed by atoms with Gasteiger partial charge in [0, 0.05) is 5.71 Å². The van der Waals surface area contributed by atoms with Crippen LogP contribution in [0.5, 0.6) is 0 Å². The molecule has 19 heavy (non-hydrogen) atoms. The average Bonchev–Trinajstić information content (AvgIpc) is 2.66. The van der Waals surface area contributed by atoms with Crippen molar-refractivity contribution in [2.24, 2.45) is 5.92 Å². The van der Waals surface area contributed by atoms with Gasteiger partial charge in [-0.1, -0.05) is 36.3 Å². The van der Waals surface area contributed by atoms with Crippen molar-refractivity contribution in [2.45, 2.75) is 64.7 Å². The number of allylic oxidation sites excluding steroid dienone is 5. The lowest BCUT2D eigenvalue weighted by Gasteiger charge is -2.15. The molecule has 2 aliphatic carbocycles. The summed E-state index contributed by atoms with van der Waals surface area (Å²) in [5.74, 6) is 0.836. The lowest BCUT2D eigenvalue weighted by atomic mass is 9.91. The molecule has 104 valence electrons. The van der Waals surface area contributed by atoms with Crippen molar-refractivity contribution in [1.82, 2.24) is 0 Å². The van der Waals surface area contributed by atoms with Gasteiger partial charge in [-0.25, -0.2) is 0 Å². The smallest absolute Gasteiger partial charge is 0.00892 e.